The van der Waals surface area contributed by atoms with Gasteiger partial charge >= 0.3 is 12.1 Å². The number of carbonyl (C=O) groups excluding carboxylic acids is 2. The first-order chi connectivity index (χ1) is 18.0. The van der Waals surface area contributed by atoms with Crippen LogP contribution >= 0.6 is 0 Å². The molecule has 1 unspecified atom stereocenters. The molecule has 1 atom stereocenters. The van der Waals surface area contributed by atoms with Crippen LogP contribution in [0.15, 0.2) is 42.5 Å². The number of piperidine rings is 1. The topological polar surface area (TPSA) is 113 Å². The Morgan fingerprint density at radius 1 is 1.08 bits per heavy atom. The molecule has 11 heteroatoms. The van der Waals surface area contributed by atoms with Crippen molar-refractivity contribution in [1.29, 1.82) is 0 Å². The molecule has 0 aliphatic carbocycles. The van der Waals surface area contributed by atoms with Crippen LogP contribution in [-0.4, -0.2) is 58.0 Å². The van der Waals surface area contributed by atoms with Gasteiger partial charge in [0.15, 0.2) is 0 Å². The lowest BCUT2D eigenvalue weighted by Gasteiger charge is -2.32. The summed E-state index contributed by atoms with van der Waals surface area (Å²) >= 11 is 0. The van der Waals surface area contributed by atoms with Crippen LogP contribution in [0.25, 0.3) is 0 Å². The van der Waals surface area contributed by atoms with Gasteiger partial charge in [-0.2, -0.15) is 13.2 Å². The third-order valence-corrected chi connectivity index (χ3v) is 7.15. The number of carboxylic acids is 1. The predicted molar refractivity (Wildman–Crippen MR) is 131 cm³/mol. The van der Waals surface area contributed by atoms with E-state index in [0.29, 0.717) is 36.5 Å². The average Bonchev–Trinajstić information content (AvgIpc) is 3.20. The highest BCUT2D eigenvalue weighted by atomic mass is 19.4. The number of hydrogen-bond donors (Lipinski definition) is 2. The van der Waals surface area contributed by atoms with E-state index in [0.717, 1.165) is 11.1 Å². The van der Waals surface area contributed by atoms with Crippen LogP contribution in [0.1, 0.15) is 52.7 Å². The zero-order valence-electron chi connectivity index (χ0n) is 20.7. The first kappa shape index (κ1) is 27.4. The van der Waals surface area contributed by atoms with Gasteiger partial charge in [-0.25, -0.2) is 4.79 Å². The van der Waals surface area contributed by atoms with Gasteiger partial charge in [0.25, 0.3) is 5.91 Å². The van der Waals surface area contributed by atoms with E-state index in [1.807, 2.05) is 29.2 Å². The maximum atomic E-state index is 12.9. The minimum absolute atomic E-state index is 0.0457. The van der Waals surface area contributed by atoms with E-state index in [1.54, 1.807) is 18.2 Å². The highest BCUT2D eigenvalue weighted by Crippen LogP contribution is 2.35. The number of alkyl halides is 3. The molecule has 0 spiro atoms. The van der Waals surface area contributed by atoms with Crippen molar-refractivity contribution < 1.29 is 37.4 Å². The molecule has 2 heterocycles. The Labute approximate surface area is 218 Å². The number of nitrogens with zero attached hydrogens (tertiary/aromatic N) is 2. The number of likely N-dealkylation sites (tertiary alicyclic amines) is 1. The number of primary amides is 1. The minimum Gasteiger partial charge on any atom is -0.489 e. The molecule has 2 amide bonds. The molecule has 3 N–H and O–H groups in total. The van der Waals surface area contributed by atoms with Crippen molar-refractivity contribution in [2.24, 2.45) is 11.7 Å². The van der Waals surface area contributed by atoms with E-state index in [9.17, 15) is 32.7 Å². The molecule has 1 fully saturated rings. The lowest BCUT2D eigenvalue weighted by molar-refractivity contribution is -0.185. The molecule has 4 rings (SSSR count). The van der Waals surface area contributed by atoms with E-state index in [2.05, 4.69) is 0 Å². The molecule has 1 saturated heterocycles. The highest BCUT2D eigenvalue weighted by molar-refractivity contribution is 6.01. The first-order valence-corrected chi connectivity index (χ1v) is 12.5. The number of hydrogen-bond acceptors (Lipinski definition) is 5. The summed E-state index contributed by atoms with van der Waals surface area (Å²) in [4.78, 5) is 39.1. The van der Waals surface area contributed by atoms with Crippen molar-refractivity contribution in [2.75, 3.05) is 13.1 Å². The van der Waals surface area contributed by atoms with E-state index in [-0.39, 0.29) is 38.8 Å². The summed E-state index contributed by atoms with van der Waals surface area (Å²) in [6.45, 7) is 1.66. The number of halogens is 3. The summed E-state index contributed by atoms with van der Waals surface area (Å²) in [5, 5.41) is 9.61. The van der Waals surface area contributed by atoms with Crippen LogP contribution in [0, 0.1) is 5.92 Å². The number of carboxylic acid groups (broad SMARTS) is 1. The maximum absolute atomic E-state index is 12.9. The van der Waals surface area contributed by atoms with Gasteiger partial charge in [0.2, 0.25) is 5.91 Å². The lowest BCUT2D eigenvalue weighted by atomic mass is 9.96. The van der Waals surface area contributed by atoms with Gasteiger partial charge in [-0.1, -0.05) is 30.3 Å². The second kappa shape index (κ2) is 11.4. The van der Waals surface area contributed by atoms with Crippen LogP contribution in [0.5, 0.6) is 5.75 Å². The van der Waals surface area contributed by atoms with Gasteiger partial charge in [0.1, 0.15) is 18.4 Å². The Morgan fingerprint density at radius 2 is 1.74 bits per heavy atom. The van der Waals surface area contributed by atoms with E-state index < -0.39 is 35.9 Å². The molecule has 2 aliphatic heterocycles. The second-order valence-electron chi connectivity index (χ2n) is 9.77. The van der Waals surface area contributed by atoms with Gasteiger partial charge in [-0.15, -0.1) is 0 Å². The van der Waals surface area contributed by atoms with E-state index >= 15 is 0 Å². The molecular formula is C27H30F3N3O5. The van der Waals surface area contributed by atoms with Crippen molar-refractivity contribution in [3.05, 3.63) is 64.7 Å². The summed E-state index contributed by atoms with van der Waals surface area (Å²) < 4.78 is 44.6. The molecule has 2 aliphatic rings. The Balaban J connectivity index is 1.35. The van der Waals surface area contributed by atoms with Gasteiger partial charge in [0, 0.05) is 24.1 Å². The summed E-state index contributed by atoms with van der Waals surface area (Å²) in [6, 6.07) is 11.4. The van der Waals surface area contributed by atoms with Gasteiger partial charge in [-0.3, -0.25) is 14.5 Å². The zero-order valence-corrected chi connectivity index (χ0v) is 20.7. The van der Waals surface area contributed by atoms with Crippen LogP contribution in [0.3, 0.4) is 0 Å². The Morgan fingerprint density at radius 3 is 2.34 bits per heavy atom. The van der Waals surface area contributed by atoms with E-state index in [4.69, 9.17) is 10.5 Å². The molecule has 0 aromatic heterocycles. The normalized spacial score (nSPS) is 17.3. The number of amides is 2. The summed E-state index contributed by atoms with van der Waals surface area (Å²) in [5.41, 5.74) is 7.97. The van der Waals surface area contributed by atoms with E-state index in [1.165, 1.54) is 4.90 Å². The number of ether oxygens (including phenoxy) is 1. The quantitative estimate of drug-likeness (QED) is 0.482. The van der Waals surface area contributed by atoms with Crippen molar-refractivity contribution in [1.82, 2.24) is 9.80 Å². The molecule has 204 valence electrons. The average molecular weight is 534 g/mol. The predicted octanol–water partition coefficient (Wildman–Crippen LogP) is 3.71. The van der Waals surface area contributed by atoms with Gasteiger partial charge in [-0.05, 0) is 55.6 Å². The number of nitrogens with two attached hydrogens (primary N) is 1. The Bertz CT molecular complexity index is 1180. The summed E-state index contributed by atoms with van der Waals surface area (Å²) in [5.74, 6) is -3.04. The molecule has 0 bridgehead atoms. The van der Waals surface area contributed by atoms with Crippen molar-refractivity contribution >= 4 is 17.8 Å². The number of aliphatic carboxylic acids is 1. The van der Waals surface area contributed by atoms with Gasteiger partial charge < -0.3 is 20.5 Å². The fourth-order valence-corrected chi connectivity index (χ4v) is 4.98. The summed E-state index contributed by atoms with van der Waals surface area (Å²) in [6.07, 6.45) is -4.11. The molecule has 0 saturated carbocycles. The molecule has 2 aromatic carbocycles. The Hall–Kier alpha value is -3.60. The number of rotatable bonds is 10. The molecule has 0 radical (unpaired) electrons. The third-order valence-electron chi connectivity index (χ3n) is 7.15. The fourth-order valence-electron chi connectivity index (χ4n) is 4.98. The smallest absolute Gasteiger partial charge is 0.391 e. The van der Waals surface area contributed by atoms with Gasteiger partial charge in [0.05, 0.1) is 12.5 Å². The molecule has 8 nitrogen and oxygen atoms in total. The van der Waals surface area contributed by atoms with Crippen molar-refractivity contribution in [3.8, 4) is 5.75 Å². The number of fused-ring (bicyclic) bond motifs is 1. The first-order valence-electron chi connectivity index (χ1n) is 12.5. The second-order valence-corrected chi connectivity index (χ2v) is 9.77. The van der Waals surface area contributed by atoms with Crippen molar-refractivity contribution in [3.63, 3.8) is 0 Å². The number of carbonyl (C=O) groups is 3. The lowest BCUT2D eigenvalue weighted by Crippen LogP contribution is -2.42. The standard InChI is InChI=1S/C27H30F3N3O5/c28-27(29,30)19-10-12-32(13-11-19)14-17-4-6-18(7-5-17)16-38-23-3-1-2-20-21(23)15-33(25(20)35)22(26(36)37)8-9-24(31)34/h1-7,19,22H,8-16H2,(H2,31,34)(H,36,37). The number of benzene rings is 2. The molecule has 2 aromatic rings. The largest absolute Gasteiger partial charge is 0.489 e. The van der Waals surface area contributed by atoms with Crippen LogP contribution in [-0.2, 0) is 29.3 Å². The summed E-state index contributed by atoms with van der Waals surface area (Å²) in [7, 11) is 0. The van der Waals surface area contributed by atoms with Crippen LogP contribution < -0.4 is 10.5 Å². The van der Waals surface area contributed by atoms with Crippen molar-refractivity contribution in [2.45, 2.75) is 57.6 Å². The minimum atomic E-state index is -4.12. The SMILES string of the molecule is NC(=O)CCC(C(=O)O)N1Cc2c(OCc3ccc(CN4CCC(C(F)(F)F)CC4)cc3)cccc2C1=O. The molecule has 38 heavy (non-hydrogen) atoms. The monoisotopic (exact) mass is 533 g/mol. The van der Waals surface area contributed by atoms with Crippen LogP contribution in [0.4, 0.5) is 13.2 Å². The third kappa shape index (κ3) is 6.45. The molecular weight excluding hydrogens is 503 g/mol. The maximum Gasteiger partial charge on any atom is 0.391 e. The zero-order chi connectivity index (χ0) is 27.4. The fraction of sp³-hybridized carbons (Fsp3) is 0.444. The van der Waals surface area contributed by atoms with Crippen LogP contribution in [0.2, 0.25) is 0 Å². The Kier molecular flexibility index (Phi) is 8.25. The highest BCUT2D eigenvalue weighted by Gasteiger charge is 2.41.